The minimum Gasteiger partial charge on any atom is -0.306 e. The summed E-state index contributed by atoms with van der Waals surface area (Å²) in [5, 5.41) is 11.1. The van der Waals surface area contributed by atoms with Crippen LogP contribution in [0.3, 0.4) is 0 Å². The Balaban J connectivity index is 0.000000262. The second-order valence-corrected chi connectivity index (χ2v) is 5.13. The molecular weight excluding hydrogens is 186 g/mol. The van der Waals surface area contributed by atoms with Gasteiger partial charge in [-0.25, -0.2) is 0 Å². The van der Waals surface area contributed by atoms with Crippen LogP contribution in [0.1, 0.15) is 40.0 Å². The molecule has 0 saturated carbocycles. The lowest BCUT2D eigenvalue weighted by molar-refractivity contribution is 0.277. The lowest BCUT2D eigenvalue weighted by atomic mass is 10.1. The van der Waals surface area contributed by atoms with E-state index < -0.39 is 0 Å². The van der Waals surface area contributed by atoms with E-state index in [2.05, 4.69) is 17.3 Å². The number of nitrogens with zero attached hydrogens (tertiary/aromatic N) is 2. The number of nitrogens with one attached hydrogen (secondary N) is 1. The van der Waals surface area contributed by atoms with Crippen LogP contribution in [0.2, 0.25) is 0 Å². The minimum atomic E-state index is 0.0791. The van der Waals surface area contributed by atoms with Crippen molar-refractivity contribution < 1.29 is 0 Å². The van der Waals surface area contributed by atoms with E-state index in [9.17, 15) is 0 Å². The van der Waals surface area contributed by atoms with E-state index in [4.69, 9.17) is 5.26 Å². The van der Waals surface area contributed by atoms with Gasteiger partial charge in [-0.15, -0.1) is 0 Å². The van der Waals surface area contributed by atoms with E-state index in [0.717, 1.165) is 0 Å². The van der Waals surface area contributed by atoms with Crippen molar-refractivity contribution in [2.24, 2.45) is 0 Å². The molecule has 0 radical (unpaired) electrons. The van der Waals surface area contributed by atoms with E-state index in [1.807, 2.05) is 26.8 Å². The molecule has 0 aromatic carbocycles. The molecule has 1 saturated heterocycles. The van der Waals surface area contributed by atoms with Gasteiger partial charge in [0.05, 0.1) is 12.6 Å². The van der Waals surface area contributed by atoms with Crippen LogP contribution in [0, 0.1) is 11.3 Å². The second kappa shape index (κ2) is 7.67. The fourth-order valence-electron chi connectivity index (χ4n) is 1.36. The molecule has 1 N–H and O–H groups in total. The van der Waals surface area contributed by atoms with Crippen LogP contribution >= 0.6 is 0 Å². The molecule has 3 heteroatoms. The number of piperidine rings is 1. The van der Waals surface area contributed by atoms with E-state index in [-0.39, 0.29) is 5.54 Å². The number of nitriles is 1. The van der Waals surface area contributed by atoms with Gasteiger partial charge in [0.25, 0.3) is 0 Å². The molecule has 1 fully saturated rings. The largest absolute Gasteiger partial charge is 0.306 e. The molecule has 0 aromatic heterocycles. The first-order valence-electron chi connectivity index (χ1n) is 5.76. The summed E-state index contributed by atoms with van der Waals surface area (Å²) >= 11 is 0. The lowest BCUT2D eigenvalue weighted by Crippen LogP contribution is -2.35. The number of hydrogen-bond acceptors (Lipinski definition) is 3. The standard InChI is InChI=1S/C6H12N2.C6H13N/c1-6(2,3)8-5-4-7;1-7-5-3-2-4-6-7/h8H,5H2,1-3H3;2-6H2,1H3. The highest BCUT2D eigenvalue weighted by atomic mass is 15.1. The van der Waals surface area contributed by atoms with E-state index in [0.29, 0.717) is 6.54 Å². The van der Waals surface area contributed by atoms with Crippen molar-refractivity contribution in [2.75, 3.05) is 26.7 Å². The summed E-state index contributed by atoms with van der Waals surface area (Å²) in [7, 11) is 2.19. The lowest BCUT2D eigenvalue weighted by Gasteiger charge is -2.20. The van der Waals surface area contributed by atoms with Crippen molar-refractivity contribution >= 4 is 0 Å². The molecule has 3 nitrogen and oxygen atoms in total. The van der Waals surface area contributed by atoms with Crippen LogP contribution in [0.5, 0.6) is 0 Å². The molecule has 0 aromatic rings. The monoisotopic (exact) mass is 211 g/mol. The Kier molecular flexibility index (Phi) is 7.37. The molecule has 1 aliphatic heterocycles. The maximum Gasteiger partial charge on any atom is 0.0844 e. The fraction of sp³-hybridized carbons (Fsp3) is 0.917. The Bertz CT molecular complexity index is 182. The van der Waals surface area contributed by atoms with Gasteiger partial charge in [0.1, 0.15) is 0 Å². The first-order valence-corrected chi connectivity index (χ1v) is 5.76. The quantitative estimate of drug-likeness (QED) is 0.674. The molecular formula is C12H25N3. The number of likely N-dealkylation sites (tertiary alicyclic amines) is 1. The first-order chi connectivity index (χ1) is 6.95. The Morgan fingerprint density at radius 1 is 1.20 bits per heavy atom. The zero-order chi connectivity index (χ0) is 11.7. The van der Waals surface area contributed by atoms with E-state index in [1.54, 1.807) is 0 Å². The van der Waals surface area contributed by atoms with Gasteiger partial charge in [0.2, 0.25) is 0 Å². The summed E-state index contributed by atoms with van der Waals surface area (Å²) in [4.78, 5) is 2.39. The summed E-state index contributed by atoms with van der Waals surface area (Å²) in [6.45, 7) is 9.17. The van der Waals surface area contributed by atoms with Crippen LogP contribution in [-0.2, 0) is 0 Å². The molecule has 1 rings (SSSR count). The highest BCUT2D eigenvalue weighted by Gasteiger charge is 2.05. The Morgan fingerprint density at radius 2 is 1.73 bits per heavy atom. The maximum absolute atomic E-state index is 8.12. The number of rotatable bonds is 1. The third kappa shape index (κ3) is 11.3. The first kappa shape index (κ1) is 14.4. The summed E-state index contributed by atoms with van der Waals surface area (Å²) < 4.78 is 0. The van der Waals surface area contributed by atoms with Crippen molar-refractivity contribution in [3.63, 3.8) is 0 Å². The molecule has 88 valence electrons. The van der Waals surface area contributed by atoms with Crippen LogP contribution < -0.4 is 5.32 Å². The van der Waals surface area contributed by atoms with Gasteiger partial charge in [-0.05, 0) is 53.8 Å². The second-order valence-electron chi connectivity index (χ2n) is 5.13. The van der Waals surface area contributed by atoms with Gasteiger partial charge in [-0.2, -0.15) is 5.26 Å². The molecule has 1 aliphatic rings. The average Bonchev–Trinajstić information content (AvgIpc) is 2.16. The Labute approximate surface area is 94.5 Å². The van der Waals surface area contributed by atoms with Crippen molar-refractivity contribution in [3.8, 4) is 6.07 Å². The topological polar surface area (TPSA) is 39.1 Å². The predicted octanol–water partition coefficient (Wildman–Crippen LogP) is 2.00. The molecule has 0 bridgehead atoms. The minimum absolute atomic E-state index is 0.0791. The van der Waals surface area contributed by atoms with E-state index in [1.165, 1.54) is 32.4 Å². The van der Waals surface area contributed by atoms with Crippen LogP contribution in [0.25, 0.3) is 0 Å². The van der Waals surface area contributed by atoms with Gasteiger partial charge in [-0.3, -0.25) is 5.32 Å². The summed E-state index contributed by atoms with van der Waals surface area (Å²) in [5.74, 6) is 0. The molecule has 0 aliphatic carbocycles. The molecule has 15 heavy (non-hydrogen) atoms. The van der Waals surface area contributed by atoms with Crippen molar-refractivity contribution in [1.29, 1.82) is 5.26 Å². The maximum atomic E-state index is 8.12. The van der Waals surface area contributed by atoms with Gasteiger partial charge < -0.3 is 4.90 Å². The Morgan fingerprint density at radius 3 is 1.93 bits per heavy atom. The SMILES string of the molecule is CC(C)(C)NCC#N.CN1CCCCC1. The number of hydrogen-bond donors (Lipinski definition) is 1. The summed E-state index contributed by atoms with van der Waals surface area (Å²) in [6.07, 6.45) is 4.28. The third-order valence-corrected chi connectivity index (χ3v) is 2.28. The zero-order valence-corrected chi connectivity index (χ0v) is 10.6. The molecule has 0 spiro atoms. The van der Waals surface area contributed by atoms with Crippen LogP contribution in [0.15, 0.2) is 0 Å². The van der Waals surface area contributed by atoms with Crippen molar-refractivity contribution in [1.82, 2.24) is 10.2 Å². The average molecular weight is 211 g/mol. The van der Waals surface area contributed by atoms with Crippen LogP contribution in [0.4, 0.5) is 0 Å². The summed E-state index contributed by atoms with van der Waals surface area (Å²) in [5.41, 5.74) is 0.0791. The van der Waals surface area contributed by atoms with Gasteiger partial charge in [-0.1, -0.05) is 6.42 Å². The summed E-state index contributed by atoms with van der Waals surface area (Å²) in [6, 6.07) is 2.01. The fourth-order valence-corrected chi connectivity index (χ4v) is 1.36. The third-order valence-electron chi connectivity index (χ3n) is 2.28. The van der Waals surface area contributed by atoms with Gasteiger partial charge >= 0.3 is 0 Å². The smallest absolute Gasteiger partial charge is 0.0844 e. The highest BCUT2D eigenvalue weighted by Crippen LogP contribution is 2.04. The molecule has 0 amide bonds. The molecule has 1 heterocycles. The van der Waals surface area contributed by atoms with Gasteiger partial charge in [0.15, 0.2) is 0 Å². The van der Waals surface area contributed by atoms with Crippen molar-refractivity contribution in [3.05, 3.63) is 0 Å². The van der Waals surface area contributed by atoms with Crippen LogP contribution in [-0.4, -0.2) is 37.1 Å². The normalized spacial score (nSPS) is 17.5. The molecule has 0 unspecified atom stereocenters. The predicted molar refractivity (Wildman–Crippen MR) is 64.7 cm³/mol. The molecule has 0 atom stereocenters. The zero-order valence-electron chi connectivity index (χ0n) is 10.6. The highest BCUT2D eigenvalue weighted by molar-refractivity contribution is 4.80. The Hall–Kier alpha value is -0.590. The van der Waals surface area contributed by atoms with Gasteiger partial charge in [0, 0.05) is 5.54 Å². The van der Waals surface area contributed by atoms with E-state index >= 15 is 0 Å². The van der Waals surface area contributed by atoms with Crippen molar-refractivity contribution in [2.45, 2.75) is 45.6 Å².